The van der Waals surface area contributed by atoms with Gasteiger partial charge in [0, 0.05) is 17.9 Å². The van der Waals surface area contributed by atoms with Gasteiger partial charge in [-0.25, -0.2) is 4.39 Å². The highest BCUT2D eigenvalue weighted by Gasteiger charge is 2.09. The Hall–Kier alpha value is -1.87. The molecule has 4 heteroatoms. The molecule has 104 valence electrons. The zero-order chi connectivity index (χ0) is 14.5. The Morgan fingerprint density at radius 1 is 1.15 bits per heavy atom. The lowest BCUT2D eigenvalue weighted by atomic mass is 10.0. The fourth-order valence-electron chi connectivity index (χ4n) is 1.91. The van der Waals surface area contributed by atoms with Crippen LogP contribution in [0.15, 0.2) is 42.5 Å². The summed E-state index contributed by atoms with van der Waals surface area (Å²) in [6.45, 7) is 0. The number of carbonyl (C=O) groups excluding carboxylic acids is 1. The molecule has 0 saturated carbocycles. The molecular weight excluding hydrogens is 279 g/mol. The van der Waals surface area contributed by atoms with Crippen molar-refractivity contribution >= 4 is 17.4 Å². The molecule has 2 rings (SSSR count). The van der Waals surface area contributed by atoms with Gasteiger partial charge in [-0.2, -0.15) is 0 Å². The summed E-state index contributed by atoms with van der Waals surface area (Å²) in [5, 5.41) is 0.285. The number of benzene rings is 2. The zero-order valence-corrected chi connectivity index (χ0v) is 11.8. The number of carbonyl (C=O) groups is 1. The van der Waals surface area contributed by atoms with Crippen LogP contribution < -0.4 is 4.74 Å². The molecule has 2 aromatic rings. The molecule has 2 nitrogen and oxygen atoms in total. The topological polar surface area (TPSA) is 26.3 Å². The van der Waals surface area contributed by atoms with Gasteiger partial charge in [0.05, 0.1) is 7.11 Å². The molecule has 0 saturated heterocycles. The Kier molecular flexibility index (Phi) is 4.74. The van der Waals surface area contributed by atoms with E-state index < -0.39 is 5.82 Å². The van der Waals surface area contributed by atoms with Crippen LogP contribution >= 0.6 is 11.6 Å². The van der Waals surface area contributed by atoms with E-state index in [1.54, 1.807) is 13.2 Å². The third kappa shape index (κ3) is 3.81. The summed E-state index contributed by atoms with van der Waals surface area (Å²) in [5.41, 5.74) is 1.56. The maximum atomic E-state index is 12.9. The lowest BCUT2D eigenvalue weighted by molar-refractivity contribution is -0.117. The number of rotatable bonds is 5. The number of halogens is 2. The average Bonchev–Trinajstić information content (AvgIpc) is 2.43. The SMILES string of the molecule is COc1ccc(CC(=O)Cc2ccc(F)cc2Cl)cc1. The highest BCUT2D eigenvalue weighted by Crippen LogP contribution is 2.19. The Morgan fingerprint density at radius 3 is 2.45 bits per heavy atom. The van der Waals surface area contributed by atoms with Crippen LogP contribution in [0.1, 0.15) is 11.1 Å². The standard InChI is InChI=1S/C16H14ClFO2/c1-20-15-6-2-11(3-7-15)8-14(19)9-12-4-5-13(18)10-16(12)17/h2-7,10H,8-9H2,1H3. The van der Waals surface area contributed by atoms with Crippen molar-refractivity contribution in [1.29, 1.82) is 0 Å². The minimum Gasteiger partial charge on any atom is -0.497 e. The fraction of sp³-hybridized carbons (Fsp3) is 0.188. The van der Waals surface area contributed by atoms with Gasteiger partial charge < -0.3 is 4.74 Å². The van der Waals surface area contributed by atoms with Crippen molar-refractivity contribution in [3.05, 3.63) is 64.4 Å². The van der Waals surface area contributed by atoms with Crippen LogP contribution in [0.5, 0.6) is 5.75 Å². The number of methoxy groups -OCH3 is 1. The number of hydrogen-bond donors (Lipinski definition) is 0. The van der Waals surface area contributed by atoms with Gasteiger partial charge in [0.2, 0.25) is 0 Å². The first-order valence-corrected chi connectivity index (χ1v) is 6.55. The molecule has 0 radical (unpaired) electrons. The molecule has 20 heavy (non-hydrogen) atoms. The largest absolute Gasteiger partial charge is 0.497 e. The molecule has 0 aromatic heterocycles. The van der Waals surface area contributed by atoms with E-state index in [1.165, 1.54) is 12.1 Å². The van der Waals surface area contributed by atoms with Gasteiger partial charge in [-0.05, 0) is 35.4 Å². The lowest BCUT2D eigenvalue weighted by Gasteiger charge is -2.05. The number of hydrogen-bond acceptors (Lipinski definition) is 2. The predicted octanol–water partition coefficient (Wildman–Crippen LogP) is 3.84. The molecule has 0 aliphatic heterocycles. The van der Waals surface area contributed by atoms with E-state index in [0.29, 0.717) is 12.0 Å². The molecule has 0 bridgehead atoms. The van der Waals surface area contributed by atoms with Crippen molar-refractivity contribution in [2.75, 3.05) is 7.11 Å². The molecule has 0 fully saturated rings. The van der Waals surface area contributed by atoms with Crippen LogP contribution in [-0.4, -0.2) is 12.9 Å². The van der Waals surface area contributed by atoms with E-state index in [9.17, 15) is 9.18 Å². The van der Waals surface area contributed by atoms with Crippen molar-refractivity contribution in [2.24, 2.45) is 0 Å². The Labute approximate surface area is 122 Å². The first-order valence-electron chi connectivity index (χ1n) is 6.17. The molecule has 2 aromatic carbocycles. The summed E-state index contributed by atoms with van der Waals surface area (Å²) in [4.78, 5) is 12.0. The molecule has 0 atom stereocenters. The second-order valence-electron chi connectivity index (χ2n) is 4.48. The molecule has 0 amide bonds. The van der Waals surface area contributed by atoms with E-state index in [4.69, 9.17) is 16.3 Å². The smallest absolute Gasteiger partial charge is 0.141 e. The van der Waals surface area contributed by atoms with Crippen molar-refractivity contribution in [3.63, 3.8) is 0 Å². The van der Waals surface area contributed by atoms with Crippen LogP contribution in [0.3, 0.4) is 0 Å². The number of Topliss-reactive ketones (excluding diaryl/α,β-unsaturated/α-hetero) is 1. The molecule has 0 unspecified atom stereocenters. The maximum Gasteiger partial charge on any atom is 0.141 e. The second kappa shape index (κ2) is 6.53. The van der Waals surface area contributed by atoms with Gasteiger partial charge in [0.1, 0.15) is 17.3 Å². The average molecular weight is 293 g/mol. The predicted molar refractivity (Wildman–Crippen MR) is 76.8 cm³/mol. The van der Waals surface area contributed by atoms with Crippen LogP contribution in [0.25, 0.3) is 0 Å². The third-order valence-electron chi connectivity index (χ3n) is 2.96. The summed E-state index contributed by atoms with van der Waals surface area (Å²) in [5.74, 6) is 0.382. The summed E-state index contributed by atoms with van der Waals surface area (Å²) in [7, 11) is 1.59. The normalized spacial score (nSPS) is 10.3. The zero-order valence-electron chi connectivity index (χ0n) is 11.0. The third-order valence-corrected chi connectivity index (χ3v) is 3.31. The van der Waals surface area contributed by atoms with Crippen molar-refractivity contribution in [3.8, 4) is 5.75 Å². The summed E-state index contributed by atoms with van der Waals surface area (Å²) >= 11 is 5.91. The Balaban J connectivity index is 2.01. The van der Waals surface area contributed by atoms with Gasteiger partial charge in [-0.15, -0.1) is 0 Å². The number of ketones is 1. The van der Waals surface area contributed by atoms with Gasteiger partial charge in [-0.1, -0.05) is 29.8 Å². The van der Waals surface area contributed by atoms with Crippen LogP contribution in [0.2, 0.25) is 5.02 Å². The van der Waals surface area contributed by atoms with E-state index in [1.807, 2.05) is 24.3 Å². The molecule has 0 N–H and O–H groups in total. The monoisotopic (exact) mass is 292 g/mol. The van der Waals surface area contributed by atoms with Crippen molar-refractivity contribution in [1.82, 2.24) is 0 Å². The first kappa shape index (κ1) is 14.5. The molecule has 0 aliphatic rings. The maximum absolute atomic E-state index is 12.9. The van der Waals surface area contributed by atoms with Gasteiger partial charge in [-0.3, -0.25) is 4.79 Å². The van der Waals surface area contributed by atoms with Gasteiger partial charge in [0.15, 0.2) is 0 Å². The summed E-state index contributed by atoms with van der Waals surface area (Å²) in [6, 6.07) is 11.4. The van der Waals surface area contributed by atoms with E-state index in [2.05, 4.69) is 0 Å². The summed E-state index contributed by atoms with van der Waals surface area (Å²) in [6.07, 6.45) is 0.517. The first-order chi connectivity index (χ1) is 9.58. The quantitative estimate of drug-likeness (QED) is 0.837. The molecular formula is C16H14ClFO2. The minimum atomic E-state index is -0.402. The Bertz CT molecular complexity index is 608. The highest BCUT2D eigenvalue weighted by molar-refractivity contribution is 6.31. The number of ether oxygens (including phenoxy) is 1. The van der Waals surface area contributed by atoms with Crippen molar-refractivity contribution in [2.45, 2.75) is 12.8 Å². The molecule has 0 heterocycles. The van der Waals surface area contributed by atoms with E-state index in [-0.39, 0.29) is 17.2 Å². The molecule has 0 aliphatic carbocycles. The van der Waals surface area contributed by atoms with E-state index >= 15 is 0 Å². The van der Waals surface area contributed by atoms with Crippen LogP contribution in [0.4, 0.5) is 4.39 Å². The van der Waals surface area contributed by atoms with Crippen molar-refractivity contribution < 1.29 is 13.9 Å². The highest BCUT2D eigenvalue weighted by atomic mass is 35.5. The second-order valence-corrected chi connectivity index (χ2v) is 4.88. The van der Waals surface area contributed by atoms with Gasteiger partial charge in [0.25, 0.3) is 0 Å². The van der Waals surface area contributed by atoms with E-state index in [0.717, 1.165) is 11.3 Å². The fourth-order valence-corrected chi connectivity index (χ4v) is 2.15. The molecule has 0 spiro atoms. The van der Waals surface area contributed by atoms with Crippen LogP contribution in [0, 0.1) is 5.82 Å². The van der Waals surface area contributed by atoms with Gasteiger partial charge >= 0.3 is 0 Å². The summed E-state index contributed by atoms with van der Waals surface area (Å²) < 4.78 is 18.0. The minimum absolute atomic E-state index is 0.0312. The van der Waals surface area contributed by atoms with Crippen LogP contribution in [-0.2, 0) is 17.6 Å². The lowest BCUT2D eigenvalue weighted by Crippen LogP contribution is -2.07. The Morgan fingerprint density at radius 2 is 1.85 bits per heavy atom.